The lowest BCUT2D eigenvalue weighted by Gasteiger charge is -2.12. The number of nitrogens with two attached hydrogens (primary N) is 1. The molecule has 0 heterocycles. The van der Waals surface area contributed by atoms with E-state index < -0.39 is 17.6 Å². The Morgan fingerprint density at radius 1 is 0.897 bits per heavy atom. The molecule has 0 saturated carbocycles. The summed E-state index contributed by atoms with van der Waals surface area (Å²) in [4.78, 5) is 25.2. The molecule has 0 aliphatic heterocycles. The van der Waals surface area contributed by atoms with Gasteiger partial charge in [0.1, 0.15) is 0 Å². The van der Waals surface area contributed by atoms with Crippen LogP contribution in [0.1, 0.15) is 27.0 Å². The van der Waals surface area contributed by atoms with Gasteiger partial charge in [-0.1, -0.05) is 42.5 Å². The number of amides is 1. The maximum Gasteiger partial charge on any atom is 0.416 e. The molecular weight excluding hydrogens is 381 g/mol. The van der Waals surface area contributed by atoms with E-state index in [0.29, 0.717) is 16.8 Å². The van der Waals surface area contributed by atoms with E-state index in [1.54, 1.807) is 36.4 Å². The summed E-state index contributed by atoms with van der Waals surface area (Å²) in [6.07, 6.45) is -4.57. The highest BCUT2D eigenvalue weighted by Gasteiger charge is 2.30. The highest BCUT2D eigenvalue weighted by molar-refractivity contribution is 6.14. The van der Waals surface area contributed by atoms with Crippen molar-refractivity contribution >= 4 is 23.1 Å². The van der Waals surface area contributed by atoms with Crippen molar-refractivity contribution in [1.82, 2.24) is 0 Å². The molecule has 29 heavy (non-hydrogen) atoms. The van der Waals surface area contributed by atoms with Crippen LogP contribution in [0.25, 0.3) is 0 Å². The van der Waals surface area contributed by atoms with Gasteiger partial charge in [0.05, 0.1) is 17.7 Å². The Labute approximate surface area is 165 Å². The van der Waals surface area contributed by atoms with Crippen molar-refractivity contribution in [3.63, 3.8) is 0 Å². The molecule has 0 aliphatic rings. The van der Waals surface area contributed by atoms with E-state index in [4.69, 9.17) is 5.73 Å². The van der Waals surface area contributed by atoms with Gasteiger partial charge in [0.15, 0.2) is 5.78 Å². The maximum atomic E-state index is 12.8. The van der Waals surface area contributed by atoms with Gasteiger partial charge in [0, 0.05) is 16.8 Å². The molecule has 7 heteroatoms. The molecule has 0 fully saturated rings. The third-order valence-corrected chi connectivity index (χ3v) is 4.24. The fraction of sp³-hybridized carbons (Fsp3) is 0.0909. The standard InChI is InChI=1S/C22H17F3N2O2/c23-22(24,25)16-8-6-14(7-9-16)12-20(28)27-19-11-10-17(26)13-18(19)21(29)15-4-2-1-3-5-15/h1-11,13H,12,26H2,(H,27,28). The van der Waals surface area contributed by atoms with Crippen molar-refractivity contribution in [2.45, 2.75) is 12.6 Å². The molecule has 0 spiro atoms. The molecule has 148 valence electrons. The molecule has 0 saturated heterocycles. The van der Waals surface area contributed by atoms with Gasteiger partial charge in [-0.25, -0.2) is 0 Å². The minimum atomic E-state index is -4.43. The molecule has 0 radical (unpaired) electrons. The van der Waals surface area contributed by atoms with E-state index in [9.17, 15) is 22.8 Å². The minimum Gasteiger partial charge on any atom is -0.399 e. The molecule has 4 nitrogen and oxygen atoms in total. The summed E-state index contributed by atoms with van der Waals surface area (Å²) in [5.74, 6) is -0.764. The van der Waals surface area contributed by atoms with Crippen molar-refractivity contribution in [3.05, 3.63) is 95.1 Å². The quantitative estimate of drug-likeness (QED) is 0.483. The topological polar surface area (TPSA) is 72.2 Å². The van der Waals surface area contributed by atoms with Crippen molar-refractivity contribution in [1.29, 1.82) is 0 Å². The Bertz CT molecular complexity index is 1030. The Morgan fingerprint density at radius 3 is 2.17 bits per heavy atom. The van der Waals surface area contributed by atoms with Crippen molar-refractivity contribution < 1.29 is 22.8 Å². The van der Waals surface area contributed by atoms with Crippen molar-refractivity contribution in [3.8, 4) is 0 Å². The molecule has 0 atom stereocenters. The van der Waals surface area contributed by atoms with Crippen LogP contribution in [0.15, 0.2) is 72.8 Å². The number of halogens is 3. The molecule has 3 aromatic carbocycles. The number of carbonyl (C=O) groups is 2. The highest BCUT2D eigenvalue weighted by atomic mass is 19.4. The molecule has 1 amide bonds. The summed E-state index contributed by atoms with van der Waals surface area (Å²) in [6.45, 7) is 0. The number of hydrogen-bond acceptors (Lipinski definition) is 3. The third-order valence-electron chi connectivity index (χ3n) is 4.24. The smallest absolute Gasteiger partial charge is 0.399 e. The van der Waals surface area contributed by atoms with E-state index in [1.165, 1.54) is 24.3 Å². The van der Waals surface area contributed by atoms with Gasteiger partial charge >= 0.3 is 6.18 Å². The van der Waals surface area contributed by atoms with Gasteiger partial charge in [-0.05, 0) is 35.9 Å². The average molecular weight is 398 g/mol. The van der Waals surface area contributed by atoms with Crippen LogP contribution < -0.4 is 11.1 Å². The largest absolute Gasteiger partial charge is 0.416 e. The molecule has 0 bridgehead atoms. The minimum absolute atomic E-state index is 0.137. The fourth-order valence-electron chi connectivity index (χ4n) is 2.80. The van der Waals surface area contributed by atoms with Gasteiger partial charge in [-0.2, -0.15) is 13.2 Å². The summed E-state index contributed by atoms with van der Waals surface area (Å²) in [6, 6.07) is 17.4. The summed E-state index contributed by atoms with van der Waals surface area (Å²) in [7, 11) is 0. The van der Waals surface area contributed by atoms with Gasteiger partial charge in [0.2, 0.25) is 5.91 Å². The van der Waals surface area contributed by atoms with Crippen LogP contribution in [-0.4, -0.2) is 11.7 Å². The van der Waals surface area contributed by atoms with Gasteiger partial charge in [-0.3, -0.25) is 9.59 Å². The fourth-order valence-corrected chi connectivity index (χ4v) is 2.80. The maximum absolute atomic E-state index is 12.8. The molecule has 3 N–H and O–H groups in total. The summed E-state index contributed by atoms with van der Waals surface area (Å²) < 4.78 is 37.9. The monoisotopic (exact) mass is 398 g/mol. The number of nitrogen functional groups attached to an aromatic ring is 1. The number of nitrogens with one attached hydrogen (secondary N) is 1. The second-order valence-corrected chi connectivity index (χ2v) is 6.42. The van der Waals surface area contributed by atoms with Crippen LogP contribution in [0, 0.1) is 0 Å². The zero-order valence-electron chi connectivity index (χ0n) is 15.2. The number of carbonyl (C=O) groups excluding carboxylic acids is 2. The first-order valence-electron chi connectivity index (χ1n) is 8.69. The first kappa shape index (κ1) is 20.1. The second kappa shape index (κ2) is 8.18. The van der Waals surface area contributed by atoms with Crippen LogP contribution in [-0.2, 0) is 17.4 Å². The normalized spacial score (nSPS) is 11.1. The SMILES string of the molecule is Nc1ccc(NC(=O)Cc2ccc(C(F)(F)F)cc2)c(C(=O)c2ccccc2)c1. The van der Waals surface area contributed by atoms with Crippen LogP contribution in [0.3, 0.4) is 0 Å². The zero-order chi connectivity index (χ0) is 21.0. The highest BCUT2D eigenvalue weighted by Crippen LogP contribution is 2.29. The molecule has 0 aromatic heterocycles. The average Bonchev–Trinajstić information content (AvgIpc) is 2.69. The number of benzene rings is 3. The lowest BCUT2D eigenvalue weighted by atomic mass is 10.0. The van der Waals surface area contributed by atoms with Gasteiger partial charge in [0.25, 0.3) is 0 Å². The first-order valence-corrected chi connectivity index (χ1v) is 8.69. The van der Waals surface area contributed by atoms with E-state index in [-0.39, 0.29) is 23.5 Å². The van der Waals surface area contributed by atoms with Crippen LogP contribution in [0.4, 0.5) is 24.5 Å². The summed E-state index contributed by atoms with van der Waals surface area (Å²) in [5, 5.41) is 2.64. The molecule has 3 aromatic rings. The Balaban J connectivity index is 1.78. The molecule has 0 aliphatic carbocycles. The molecular formula is C22H17F3N2O2. The zero-order valence-corrected chi connectivity index (χ0v) is 15.2. The Kier molecular flexibility index (Phi) is 5.68. The summed E-state index contributed by atoms with van der Waals surface area (Å²) >= 11 is 0. The van der Waals surface area contributed by atoms with Crippen LogP contribution in [0.5, 0.6) is 0 Å². The van der Waals surface area contributed by atoms with Gasteiger partial charge in [-0.15, -0.1) is 0 Å². The van der Waals surface area contributed by atoms with Crippen molar-refractivity contribution in [2.75, 3.05) is 11.1 Å². The Hall–Kier alpha value is -3.61. The van der Waals surface area contributed by atoms with Crippen molar-refractivity contribution in [2.24, 2.45) is 0 Å². The van der Waals surface area contributed by atoms with E-state index in [0.717, 1.165) is 12.1 Å². The number of ketones is 1. The second-order valence-electron chi connectivity index (χ2n) is 6.42. The van der Waals surface area contributed by atoms with Gasteiger partial charge < -0.3 is 11.1 Å². The predicted octanol–water partition coefficient (Wildman–Crippen LogP) is 4.70. The Morgan fingerprint density at radius 2 is 1.55 bits per heavy atom. The predicted molar refractivity (Wildman–Crippen MR) is 105 cm³/mol. The lowest BCUT2D eigenvalue weighted by molar-refractivity contribution is -0.137. The number of alkyl halides is 3. The van der Waals surface area contributed by atoms with E-state index in [2.05, 4.69) is 5.32 Å². The molecule has 3 rings (SSSR count). The lowest BCUT2D eigenvalue weighted by Crippen LogP contribution is -2.17. The summed E-state index contributed by atoms with van der Waals surface area (Å²) in [5.41, 5.74) is 6.75. The number of rotatable bonds is 5. The number of hydrogen-bond donors (Lipinski definition) is 2. The van der Waals surface area contributed by atoms with Crippen LogP contribution >= 0.6 is 0 Å². The van der Waals surface area contributed by atoms with E-state index >= 15 is 0 Å². The third kappa shape index (κ3) is 5.01. The van der Waals surface area contributed by atoms with E-state index in [1.807, 2.05) is 0 Å². The first-order chi connectivity index (χ1) is 13.7. The van der Waals surface area contributed by atoms with Crippen LogP contribution in [0.2, 0.25) is 0 Å². The molecule has 0 unspecified atom stereocenters. The number of anilines is 2.